The molecule has 2 aromatic carbocycles. The number of anilines is 1. The molecule has 0 spiro atoms. The monoisotopic (exact) mass is 386 g/mol. The Morgan fingerprint density at radius 2 is 1.78 bits per heavy atom. The van der Waals surface area contributed by atoms with Gasteiger partial charge in [-0.3, -0.25) is 4.79 Å². The number of aryl methyl sites for hydroxylation is 1. The van der Waals surface area contributed by atoms with Crippen LogP contribution in [0.1, 0.15) is 42.6 Å². The Hall–Kier alpha value is -2.18. The van der Waals surface area contributed by atoms with Crippen LogP contribution in [0.4, 0.5) is 5.69 Å². The van der Waals surface area contributed by atoms with Crippen molar-refractivity contribution in [1.29, 1.82) is 0 Å². The molecule has 3 rings (SSSR count). The predicted molar refractivity (Wildman–Crippen MR) is 107 cm³/mol. The van der Waals surface area contributed by atoms with Gasteiger partial charge in [0.05, 0.1) is 4.90 Å². The van der Waals surface area contributed by atoms with Crippen molar-refractivity contribution < 1.29 is 13.2 Å². The quantitative estimate of drug-likeness (QED) is 0.847. The third-order valence-electron chi connectivity index (χ3n) is 5.09. The van der Waals surface area contributed by atoms with E-state index in [0.717, 1.165) is 30.5 Å². The largest absolute Gasteiger partial charge is 0.322 e. The Labute approximate surface area is 161 Å². The van der Waals surface area contributed by atoms with E-state index in [1.54, 1.807) is 16.4 Å². The first kappa shape index (κ1) is 19.6. The van der Waals surface area contributed by atoms with E-state index in [9.17, 15) is 13.2 Å². The molecule has 0 aliphatic carbocycles. The molecule has 0 aromatic heterocycles. The Kier molecular flexibility index (Phi) is 5.97. The lowest BCUT2D eigenvalue weighted by Gasteiger charge is -2.29. The Balaban J connectivity index is 1.71. The zero-order valence-corrected chi connectivity index (χ0v) is 16.6. The first-order valence-corrected chi connectivity index (χ1v) is 10.8. The zero-order valence-electron chi connectivity index (χ0n) is 15.8. The van der Waals surface area contributed by atoms with Gasteiger partial charge in [-0.05, 0) is 67.1 Å². The first-order chi connectivity index (χ1) is 12.9. The van der Waals surface area contributed by atoms with Crippen molar-refractivity contribution in [3.63, 3.8) is 0 Å². The minimum atomic E-state index is -3.49. The second-order valence-corrected chi connectivity index (χ2v) is 9.06. The molecule has 0 unspecified atom stereocenters. The third kappa shape index (κ3) is 4.57. The second kappa shape index (κ2) is 8.23. The lowest BCUT2D eigenvalue weighted by molar-refractivity contribution is 0.102. The standard InChI is InChI=1S/C21H26N2O3S/c1-3-17-5-4-6-19(15-17)22-21(24)18-7-9-20(10-8-18)27(25,26)23-13-11-16(2)12-14-23/h4-10,15-16H,3,11-14H2,1-2H3,(H,22,24). The molecule has 0 bridgehead atoms. The van der Waals surface area contributed by atoms with Gasteiger partial charge >= 0.3 is 0 Å². The summed E-state index contributed by atoms with van der Waals surface area (Å²) in [4.78, 5) is 12.7. The molecule has 27 heavy (non-hydrogen) atoms. The van der Waals surface area contributed by atoms with Gasteiger partial charge in [0.25, 0.3) is 5.91 Å². The molecule has 1 N–H and O–H groups in total. The van der Waals surface area contributed by atoms with Crippen LogP contribution in [-0.2, 0) is 16.4 Å². The fraction of sp³-hybridized carbons (Fsp3) is 0.381. The Morgan fingerprint density at radius 1 is 1.11 bits per heavy atom. The molecular formula is C21H26N2O3S. The van der Waals surface area contributed by atoms with Crippen LogP contribution >= 0.6 is 0 Å². The lowest BCUT2D eigenvalue weighted by Crippen LogP contribution is -2.37. The van der Waals surface area contributed by atoms with Crippen molar-refractivity contribution in [1.82, 2.24) is 4.31 Å². The molecule has 0 saturated carbocycles. The molecule has 1 aliphatic rings. The minimum absolute atomic E-state index is 0.238. The highest BCUT2D eigenvalue weighted by Gasteiger charge is 2.28. The molecule has 6 heteroatoms. The van der Waals surface area contributed by atoms with E-state index in [-0.39, 0.29) is 10.8 Å². The van der Waals surface area contributed by atoms with Gasteiger partial charge < -0.3 is 5.32 Å². The summed E-state index contributed by atoms with van der Waals surface area (Å²) in [7, 11) is -3.49. The summed E-state index contributed by atoms with van der Waals surface area (Å²) in [5, 5.41) is 2.86. The fourth-order valence-corrected chi connectivity index (χ4v) is 4.69. The van der Waals surface area contributed by atoms with E-state index in [4.69, 9.17) is 0 Å². The summed E-state index contributed by atoms with van der Waals surface area (Å²) in [6, 6.07) is 13.9. The van der Waals surface area contributed by atoms with E-state index in [0.29, 0.717) is 24.6 Å². The van der Waals surface area contributed by atoms with Crippen molar-refractivity contribution in [2.24, 2.45) is 5.92 Å². The fourth-order valence-electron chi connectivity index (χ4n) is 3.22. The maximum Gasteiger partial charge on any atom is 0.255 e. The zero-order chi connectivity index (χ0) is 19.4. The Morgan fingerprint density at radius 3 is 2.41 bits per heavy atom. The van der Waals surface area contributed by atoms with Crippen LogP contribution in [0.3, 0.4) is 0 Å². The van der Waals surface area contributed by atoms with Gasteiger partial charge in [0.1, 0.15) is 0 Å². The average molecular weight is 387 g/mol. The topological polar surface area (TPSA) is 66.5 Å². The number of hydrogen-bond donors (Lipinski definition) is 1. The van der Waals surface area contributed by atoms with Crippen LogP contribution in [0.15, 0.2) is 53.4 Å². The van der Waals surface area contributed by atoms with E-state index >= 15 is 0 Å². The highest BCUT2D eigenvalue weighted by molar-refractivity contribution is 7.89. The van der Waals surface area contributed by atoms with Gasteiger partial charge in [-0.25, -0.2) is 8.42 Å². The summed E-state index contributed by atoms with van der Waals surface area (Å²) >= 11 is 0. The van der Waals surface area contributed by atoms with Crippen molar-refractivity contribution in [3.05, 3.63) is 59.7 Å². The molecule has 1 aliphatic heterocycles. The van der Waals surface area contributed by atoms with Gasteiger partial charge in [0.15, 0.2) is 0 Å². The van der Waals surface area contributed by atoms with Crippen LogP contribution in [-0.4, -0.2) is 31.7 Å². The highest BCUT2D eigenvalue weighted by Crippen LogP contribution is 2.24. The number of sulfonamides is 1. The minimum Gasteiger partial charge on any atom is -0.322 e. The molecule has 0 radical (unpaired) electrons. The van der Waals surface area contributed by atoms with E-state index in [1.165, 1.54) is 12.1 Å². The smallest absolute Gasteiger partial charge is 0.255 e. The number of amides is 1. The van der Waals surface area contributed by atoms with Crippen molar-refractivity contribution in [2.75, 3.05) is 18.4 Å². The summed E-state index contributed by atoms with van der Waals surface area (Å²) in [5.41, 5.74) is 2.31. The summed E-state index contributed by atoms with van der Waals surface area (Å²) in [5.74, 6) is 0.313. The SMILES string of the molecule is CCc1cccc(NC(=O)c2ccc(S(=O)(=O)N3CCC(C)CC3)cc2)c1. The van der Waals surface area contributed by atoms with Gasteiger partial charge in [-0.2, -0.15) is 4.31 Å². The molecule has 5 nitrogen and oxygen atoms in total. The maximum absolute atomic E-state index is 12.8. The molecule has 1 fully saturated rings. The van der Waals surface area contributed by atoms with E-state index in [1.807, 2.05) is 24.3 Å². The van der Waals surface area contributed by atoms with Crippen LogP contribution in [0.25, 0.3) is 0 Å². The number of hydrogen-bond acceptors (Lipinski definition) is 3. The van der Waals surface area contributed by atoms with Gasteiger partial charge in [0, 0.05) is 24.3 Å². The number of piperidine rings is 1. The number of carbonyl (C=O) groups is 1. The first-order valence-electron chi connectivity index (χ1n) is 9.40. The average Bonchev–Trinajstić information content (AvgIpc) is 2.68. The van der Waals surface area contributed by atoms with Crippen LogP contribution < -0.4 is 5.32 Å². The van der Waals surface area contributed by atoms with Gasteiger partial charge in [-0.15, -0.1) is 0 Å². The van der Waals surface area contributed by atoms with E-state index < -0.39 is 10.0 Å². The summed E-state index contributed by atoms with van der Waals surface area (Å²) in [6.45, 7) is 5.32. The molecule has 0 atom stereocenters. The third-order valence-corrected chi connectivity index (χ3v) is 7.00. The molecule has 1 saturated heterocycles. The normalized spacial score (nSPS) is 16.2. The Bertz CT molecular complexity index is 899. The van der Waals surface area contributed by atoms with Crippen molar-refractivity contribution in [3.8, 4) is 0 Å². The predicted octanol–water partition coefficient (Wildman–Crippen LogP) is 3.92. The van der Waals surface area contributed by atoms with E-state index in [2.05, 4.69) is 19.2 Å². The lowest BCUT2D eigenvalue weighted by atomic mass is 10.0. The molecular weight excluding hydrogens is 360 g/mol. The van der Waals surface area contributed by atoms with Crippen LogP contribution in [0.5, 0.6) is 0 Å². The van der Waals surface area contributed by atoms with Crippen LogP contribution in [0.2, 0.25) is 0 Å². The van der Waals surface area contributed by atoms with Crippen LogP contribution in [0, 0.1) is 5.92 Å². The second-order valence-electron chi connectivity index (χ2n) is 7.12. The molecule has 1 amide bonds. The highest BCUT2D eigenvalue weighted by atomic mass is 32.2. The molecule has 2 aromatic rings. The summed E-state index contributed by atoms with van der Waals surface area (Å²) < 4.78 is 27.1. The summed E-state index contributed by atoms with van der Waals surface area (Å²) in [6.07, 6.45) is 2.67. The van der Waals surface area contributed by atoms with Crippen molar-refractivity contribution in [2.45, 2.75) is 38.0 Å². The number of carbonyl (C=O) groups excluding carboxylic acids is 1. The van der Waals surface area contributed by atoms with Gasteiger partial charge in [0.2, 0.25) is 10.0 Å². The number of rotatable bonds is 5. The maximum atomic E-state index is 12.8. The molecule has 1 heterocycles. The molecule has 144 valence electrons. The number of nitrogens with one attached hydrogen (secondary N) is 1. The van der Waals surface area contributed by atoms with Crippen molar-refractivity contribution >= 4 is 21.6 Å². The number of benzene rings is 2. The number of nitrogens with zero attached hydrogens (tertiary/aromatic N) is 1. The van der Waals surface area contributed by atoms with Gasteiger partial charge in [-0.1, -0.05) is 26.0 Å².